The Balaban J connectivity index is 2.19. The second-order valence-electron chi connectivity index (χ2n) is 5.93. The van der Waals surface area contributed by atoms with Gasteiger partial charge in [0.25, 0.3) is 15.9 Å². The molecule has 0 fully saturated rings. The van der Waals surface area contributed by atoms with E-state index < -0.39 is 27.8 Å². The number of sulfonamides is 1. The van der Waals surface area contributed by atoms with E-state index in [9.17, 15) is 17.6 Å². The average molecular weight is 378 g/mol. The number of nitrogens with zero attached hydrogens (tertiary/aromatic N) is 2. The number of fused-ring (bicyclic) bond motifs is 1. The molecule has 1 aliphatic heterocycles. The molecule has 0 aliphatic carbocycles. The summed E-state index contributed by atoms with van der Waals surface area (Å²) < 4.78 is 46.4. The largest absolute Gasteiger partial charge is 0.497 e. The van der Waals surface area contributed by atoms with Gasteiger partial charge in [0.15, 0.2) is 0 Å². The highest BCUT2D eigenvalue weighted by Crippen LogP contribution is 2.40. The fourth-order valence-corrected chi connectivity index (χ4v) is 4.76. The number of amides is 1. The number of carbonyl (C=O) groups is 1. The van der Waals surface area contributed by atoms with Gasteiger partial charge in [0.05, 0.1) is 23.4 Å². The fraction of sp³-hybridized carbons (Fsp3) is 0.278. The minimum Gasteiger partial charge on any atom is -0.497 e. The first-order valence-electron chi connectivity index (χ1n) is 8.07. The molecule has 1 aliphatic rings. The van der Waals surface area contributed by atoms with Crippen molar-refractivity contribution in [1.29, 1.82) is 0 Å². The van der Waals surface area contributed by atoms with Crippen molar-refractivity contribution in [2.24, 2.45) is 0 Å². The topological polar surface area (TPSA) is 66.9 Å². The summed E-state index contributed by atoms with van der Waals surface area (Å²) in [5.41, 5.74) is 0.493. The smallest absolute Gasteiger partial charge is 0.265 e. The molecule has 1 atom stereocenters. The van der Waals surface area contributed by atoms with Gasteiger partial charge in [-0.3, -0.25) is 9.10 Å². The highest BCUT2D eigenvalue weighted by Gasteiger charge is 2.42. The SMILES string of the molecule is CC[C@H]1C(=O)N(C)c2cc(F)ccc2N1S(=O)(=O)c1ccc(OC)cc1. The first-order chi connectivity index (χ1) is 12.3. The van der Waals surface area contributed by atoms with Crippen molar-refractivity contribution >= 4 is 27.3 Å². The number of hydrogen-bond acceptors (Lipinski definition) is 4. The monoisotopic (exact) mass is 378 g/mol. The Morgan fingerprint density at radius 2 is 1.77 bits per heavy atom. The van der Waals surface area contributed by atoms with E-state index in [1.54, 1.807) is 6.92 Å². The van der Waals surface area contributed by atoms with Gasteiger partial charge >= 0.3 is 0 Å². The van der Waals surface area contributed by atoms with Gasteiger partial charge in [0.1, 0.15) is 17.6 Å². The number of halogens is 1. The van der Waals surface area contributed by atoms with Crippen LogP contribution in [0, 0.1) is 5.82 Å². The van der Waals surface area contributed by atoms with Crippen molar-refractivity contribution in [3.63, 3.8) is 0 Å². The summed E-state index contributed by atoms with van der Waals surface area (Å²) in [5.74, 6) is -0.421. The van der Waals surface area contributed by atoms with Crippen LogP contribution in [0.3, 0.4) is 0 Å². The third-order valence-corrected chi connectivity index (χ3v) is 6.27. The Hall–Kier alpha value is -2.61. The number of anilines is 2. The quantitative estimate of drug-likeness (QED) is 0.821. The van der Waals surface area contributed by atoms with Crippen molar-refractivity contribution in [2.45, 2.75) is 24.3 Å². The predicted octanol–water partition coefficient (Wildman–Crippen LogP) is 2.78. The van der Waals surface area contributed by atoms with Crippen LogP contribution >= 0.6 is 0 Å². The number of rotatable bonds is 4. The lowest BCUT2D eigenvalue weighted by Gasteiger charge is -2.40. The number of benzene rings is 2. The fourth-order valence-electron chi connectivity index (χ4n) is 3.06. The summed E-state index contributed by atoms with van der Waals surface area (Å²) in [5, 5.41) is 0. The molecular formula is C18H19FN2O4S. The van der Waals surface area contributed by atoms with E-state index in [-0.39, 0.29) is 22.7 Å². The molecule has 0 spiro atoms. The molecule has 2 aromatic carbocycles. The molecule has 0 bridgehead atoms. The highest BCUT2D eigenvalue weighted by molar-refractivity contribution is 7.93. The molecule has 2 aromatic rings. The second kappa shape index (κ2) is 6.60. The Kier molecular flexibility index (Phi) is 4.62. The first-order valence-corrected chi connectivity index (χ1v) is 9.51. The number of hydrogen-bond donors (Lipinski definition) is 0. The number of ether oxygens (including phenoxy) is 1. The van der Waals surface area contributed by atoms with Crippen molar-refractivity contribution in [3.8, 4) is 5.75 Å². The molecule has 8 heteroatoms. The molecule has 6 nitrogen and oxygen atoms in total. The predicted molar refractivity (Wildman–Crippen MR) is 96.5 cm³/mol. The van der Waals surface area contributed by atoms with Gasteiger partial charge in [-0.1, -0.05) is 6.92 Å². The summed E-state index contributed by atoms with van der Waals surface area (Å²) in [4.78, 5) is 14.0. The molecule has 0 radical (unpaired) electrons. The molecule has 0 N–H and O–H groups in total. The van der Waals surface area contributed by atoms with Crippen molar-refractivity contribution in [2.75, 3.05) is 23.4 Å². The minimum absolute atomic E-state index is 0.0318. The van der Waals surface area contributed by atoms with Crippen LogP contribution in [0.15, 0.2) is 47.4 Å². The number of carbonyl (C=O) groups excluding carboxylic acids is 1. The van der Waals surface area contributed by atoms with E-state index in [0.29, 0.717) is 5.75 Å². The molecule has 1 amide bonds. The number of methoxy groups -OCH3 is 1. The average Bonchev–Trinajstić information content (AvgIpc) is 2.64. The summed E-state index contributed by atoms with van der Waals surface area (Å²) in [6, 6.07) is 8.76. The highest BCUT2D eigenvalue weighted by atomic mass is 32.2. The van der Waals surface area contributed by atoms with Gasteiger partial charge in [-0.25, -0.2) is 12.8 Å². The lowest BCUT2D eigenvalue weighted by atomic mass is 10.1. The van der Waals surface area contributed by atoms with E-state index in [4.69, 9.17) is 4.74 Å². The maximum Gasteiger partial charge on any atom is 0.265 e. The summed E-state index contributed by atoms with van der Waals surface area (Å²) in [6.45, 7) is 1.74. The zero-order valence-corrected chi connectivity index (χ0v) is 15.5. The lowest BCUT2D eigenvalue weighted by molar-refractivity contribution is -0.119. The van der Waals surface area contributed by atoms with Crippen LogP contribution in [0.25, 0.3) is 0 Å². The van der Waals surface area contributed by atoms with Gasteiger partial charge in [-0.05, 0) is 48.9 Å². The third kappa shape index (κ3) is 2.80. The molecule has 0 saturated carbocycles. The maximum atomic E-state index is 13.7. The maximum absolute atomic E-state index is 13.7. The van der Waals surface area contributed by atoms with Crippen LogP contribution in [0.4, 0.5) is 15.8 Å². The third-order valence-electron chi connectivity index (χ3n) is 4.44. The van der Waals surface area contributed by atoms with E-state index in [1.807, 2.05) is 0 Å². The standard InChI is InChI=1S/C18H19FN2O4S/c1-4-15-18(22)20(2)17-11-12(19)5-10-16(17)21(15)26(23,24)14-8-6-13(25-3)7-9-14/h5-11,15H,4H2,1-3H3/t15-/m0/s1. The van der Waals surface area contributed by atoms with Crippen LogP contribution in [0.5, 0.6) is 5.75 Å². The molecule has 0 saturated heterocycles. The van der Waals surface area contributed by atoms with Gasteiger partial charge in [-0.2, -0.15) is 0 Å². The molecule has 0 unspecified atom stereocenters. The van der Waals surface area contributed by atoms with Gasteiger partial charge in [0.2, 0.25) is 0 Å². The van der Waals surface area contributed by atoms with E-state index in [0.717, 1.165) is 10.4 Å². The molecule has 3 rings (SSSR count). The van der Waals surface area contributed by atoms with Crippen LogP contribution < -0.4 is 13.9 Å². The lowest BCUT2D eigenvalue weighted by Crippen LogP contribution is -2.54. The van der Waals surface area contributed by atoms with Gasteiger partial charge < -0.3 is 9.64 Å². The van der Waals surface area contributed by atoms with Crippen molar-refractivity contribution < 1.29 is 22.3 Å². The van der Waals surface area contributed by atoms with Crippen LogP contribution in [-0.2, 0) is 14.8 Å². The van der Waals surface area contributed by atoms with E-state index in [2.05, 4.69) is 0 Å². The summed E-state index contributed by atoms with van der Waals surface area (Å²) >= 11 is 0. The summed E-state index contributed by atoms with van der Waals surface area (Å²) in [7, 11) is -1.02. The molecule has 0 aromatic heterocycles. The van der Waals surface area contributed by atoms with Gasteiger partial charge in [-0.15, -0.1) is 0 Å². The van der Waals surface area contributed by atoms with Crippen LogP contribution in [0.2, 0.25) is 0 Å². The Labute approximate surface area is 151 Å². The first kappa shape index (κ1) is 18.2. The Morgan fingerprint density at radius 3 is 2.35 bits per heavy atom. The number of likely N-dealkylation sites (N-methyl/N-ethyl adjacent to an activating group) is 1. The van der Waals surface area contributed by atoms with Crippen molar-refractivity contribution in [1.82, 2.24) is 0 Å². The van der Waals surface area contributed by atoms with Gasteiger partial charge in [0, 0.05) is 7.05 Å². The van der Waals surface area contributed by atoms with E-state index in [1.165, 1.54) is 55.5 Å². The molecule has 26 heavy (non-hydrogen) atoms. The summed E-state index contributed by atoms with van der Waals surface area (Å²) in [6.07, 6.45) is 0.287. The zero-order chi connectivity index (χ0) is 19.1. The Morgan fingerprint density at radius 1 is 1.12 bits per heavy atom. The van der Waals surface area contributed by atoms with Crippen LogP contribution in [0.1, 0.15) is 13.3 Å². The van der Waals surface area contributed by atoms with Crippen LogP contribution in [-0.4, -0.2) is 34.5 Å². The normalized spacial score (nSPS) is 17.2. The Bertz CT molecular complexity index is 944. The molecular weight excluding hydrogens is 359 g/mol. The molecule has 1 heterocycles. The second-order valence-corrected chi connectivity index (χ2v) is 7.75. The van der Waals surface area contributed by atoms with Crippen molar-refractivity contribution in [3.05, 3.63) is 48.3 Å². The molecule has 138 valence electrons. The van der Waals surface area contributed by atoms with E-state index >= 15 is 0 Å². The minimum atomic E-state index is -4.02. The zero-order valence-electron chi connectivity index (χ0n) is 14.6.